The van der Waals surface area contributed by atoms with E-state index in [0.717, 1.165) is 35.5 Å². The number of aryl methyl sites for hydroxylation is 1. The van der Waals surface area contributed by atoms with E-state index in [4.69, 9.17) is 10.5 Å². The molecule has 1 amide bonds. The summed E-state index contributed by atoms with van der Waals surface area (Å²) in [6.45, 7) is 4.67. The van der Waals surface area contributed by atoms with Crippen LogP contribution in [0.4, 0.5) is 0 Å². The Morgan fingerprint density at radius 2 is 1.61 bits per heavy atom. The summed E-state index contributed by atoms with van der Waals surface area (Å²) >= 11 is 0. The molecule has 5 nitrogen and oxygen atoms in total. The minimum Gasteiger partial charge on any atom is -0.465 e. The van der Waals surface area contributed by atoms with Gasteiger partial charge in [0.25, 0.3) is 5.91 Å². The van der Waals surface area contributed by atoms with Crippen molar-refractivity contribution in [1.82, 2.24) is 4.57 Å². The van der Waals surface area contributed by atoms with Gasteiger partial charge in [0, 0.05) is 23.5 Å². The van der Waals surface area contributed by atoms with Crippen molar-refractivity contribution in [2.45, 2.75) is 26.8 Å². The number of primary amides is 1. The fourth-order valence-corrected chi connectivity index (χ4v) is 3.65. The number of hydrogen-bond acceptors (Lipinski definition) is 3. The van der Waals surface area contributed by atoms with Crippen molar-refractivity contribution < 1.29 is 14.3 Å². The Labute approximate surface area is 164 Å². The summed E-state index contributed by atoms with van der Waals surface area (Å²) in [6.07, 6.45) is 0.857. The van der Waals surface area contributed by atoms with Crippen molar-refractivity contribution in [3.05, 3.63) is 82.7 Å². The molecule has 0 atom stereocenters. The maximum absolute atomic E-state index is 12.2. The predicted octanol–water partition coefficient (Wildman–Crippen LogP) is 3.90. The monoisotopic (exact) mass is 376 g/mol. The van der Waals surface area contributed by atoms with Gasteiger partial charge in [0.15, 0.2) is 0 Å². The van der Waals surface area contributed by atoms with Crippen LogP contribution in [0.3, 0.4) is 0 Å². The van der Waals surface area contributed by atoms with Crippen molar-refractivity contribution >= 4 is 11.9 Å². The molecule has 0 unspecified atom stereocenters. The molecule has 0 spiro atoms. The zero-order chi connectivity index (χ0) is 20.3. The molecule has 1 heterocycles. The molecule has 0 aliphatic carbocycles. The third-order valence-corrected chi connectivity index (χ3v) is 5.09. The lowest BCUT2D eigenvalue weighted by molar-refractivity contribution is 0.0600. The van der Waals surface area contributed by atoms with E-state index in [9.17, 15) is 9.59 Å². The Morgan fingerprint density at radius 3 is 2.18 bits per heavy atom. The number of nitrogens with two attached hydrogens (primary N) is 1. The van der Waals surface area contributed by atoms with Gasteiger partial charge in [-0.3, -0.25) is 4.79 Å². The number of rotatable bonds is 6. The number of carbonyl (C=O) groups is 2. The van der Waals surface area contributed by atoms with Gasteiger partial charge in [0.1, 0.15) is 0 Å². The summed E-state index contributed by atoms with van der Waals surface area (Å²) in [6, 6.07) is 17.3. The van der Waals surface area contributed by atoms with Crippen LogP contribution in [0.25, 0.3) is 11.1 Å². The molecule has 5 heteroatoms. The van der Waals surface area contributed by atoms with Crippen LogP contribution in [0, 0.1) is 13.8 Å². The number of esters is 1. The van der Waals surface area contributed by atoms with Gasteiger partial charge in [-0.05, 0) is 43.5 Å². The van der Waals surface area contributed by atoms with Crippen LogP contribution in [0.15, 0.2) is 54.6 Å². The van der Waals surface area contributed by atoms with Gasteiger partial charge in [0.2, 0.25) is 0 Å². The topological polar surface area (TPSA) is 74.3 Å². The number of ether oxygens (including phenoxy) is 1. The number of aromatic nitrogens is 1. The number of hydrogen-bond donors (Lipinski definition) is 1. The molecule has 3 rings (SSSR count). The van der Waals surface area contributed by atoms with Crippen LogP contribution in [-0.4, -0.2) is 23.6 Å². The smallest absolute Gasteiger partial charge is 0.337 e. The minimum absolute atomic E-state index is 0.394. The van der Waals surface area contributed by atoms with Gasteiger partial charge in [-0.15, -0.1) is 0 Å². The van der Waals surface area contributed by atoms with Crippen molar-refractivity contribution in [1.29, 1.82) is 0 Å². The maximum Gasteiger partial charge on any atom is 0.337 e. The summed E-state index contributed by atoms with van der Waals surface area (Å²) in [5.41, 5.74) is 11.4. The molecule has 28 heavy (non-hydrogen) atoms. The SMILES string of the molecule is COC(=O)c1ccc(-c2c(C(N)=O)c(C)n(CCc3ccccc3)c2C)cc1. The maximum atomic E-state index is 12.2. The third kappa shape index (κ3) is 3.69. The summed E-state index contributed by atoms with van der Waals surface area (Å²) in [5, 5.41) is 0. The van der Waals surface area contributed by atoms with E-state index in [1.165, 1.54) is 12.7 Å². The first-order valence-electron chi connectivity index (χ1n) is 9.16. The van der Waals surface area contributed by atoms with Gasteiger partial charge in [-0.25, -0.2) is 4.79 Å². The molecule has 0 bridgehead atoms. The molecule has 3 aromatic rings. The standard InChI is InChI=1S/C23H24N2O3/c1-15-20(18-9-11-19(12-10-18)23(27)28-3)21(22(24)26)16(2)25(15)14-13-17-7-5-4-6-8-17/h4-12H,13-14H2,1-3H3,(H2,24,26). The van der Waals surface area contributed by atoms with E-state index in [2.05, 4.69) is 16.7 Å². The molecule has 0 aliphatic heterocycles. The Bertz CT molecular complexity index is 1000. The Kier molecular flexibility index (Phi) is 5.64. The van der Waals surface area contributed by atoms with Gasteiger partial charge in [0.05, 0.1) is 18.2 Å². The van der Waals surface area contributed by atoms with Crippen molar-refractivity contribution in [2.75, 3.05) is 7.11 Å². The molecule has 2 aromatic carbocycles. The van der Waals surface area contributed by atoms with Crippen LogP contribution in [0.2, 0.25) is 0 Å². The van der Waals surface area contributed by atoms with E-state index in [0.29, 0.717) is 11.1 Å². The molecule has 1 aromatic heterocycles. The second-order valence-electron chi connectivity index (χ2n) is 6.74. The fourth-order valence-electron chi connectivity index (χ4n) is 3.65. The number of nitrogens with zero attached hydrogens (tertiary/aromatic N) is 1. The lowest BCUT2D eigenvalue weighted by Crippen LogP contribution is -2.14. The molecular formula is C23H24N2O3. The number of carbonyl (C=O) groups excluding carboxylic acids is 2. The molecule has 2 N–H and O–H groups in total. The largest absolute Gasteiger partial charge is 0.465 e. The Morgan fingerprint density at radius 1 is 0.964 bits per heavy atom. The van der Waals surface area contributed by atoms with Gasteiger partial charge >= 0.3 is 5.97 Å². The second-order valence-corrected chi connectivity index (χ2v) is 6.74. The molecule has 144 valence electrons. The highest BCUT2D eigenvalue weighted by Crippen LogP contribution is 2.32. The molecule has 0 aliphatic rings. The Balaban J connectivity index is 2.01. The molecule has 0 saturated heterocycles. The van der Waals surface area contributed by atoms with E-state index < -0.39 is 11.9 Å². The summed E-state index contributed by atoms with van der Waals surface area (Å²) in [7, 11) is 1.35. The van der Waals surface area contributed by atoms with Crippen LogP contribution < -0.4 is 5.73 Å². The highest BCUT2D eigenvalue weighted by atomic mass is 16.5. The first-order valence-corrected chi connectivity index (χ1v) is 9.16. The highest BCUT2D eigenvalue weighted by Gasteiger charge is 2.22. The van der Waals surface area contributed by atoms with Crippen molar-refractivity contribution in [2.24, 2.45) is 5.73 Å². The van der Waals surface area contributed by atoms with Crippen LogP contribution in [-0.2, 0) is 17.7 Å². The lowest BCUT2D eigenvalue weighted by atomic mass is 9.99. The molecular weight excluding hydrogens is 352 g/mol. The Hall–Kier alpha value is -3.34. The molecule has 0 radical (unpaired) electrons. The van der Waals surface area contributed by atoms with E-state index in [1.807, 2.05) is 44.2 Å². The van der Waals surface area contributed by atoms with Gasteiger partial charge in [-0.2, -0.15) is 0 Å². The zero-order valence-corrected chi connectivity index (χ0v) is 16.4. The second kappa shape index (κ2) is 8.13. The minimum atomic E-state index is -0.453. The quantitative estimate of drug-likeness (QED) is 0.663. The third-order valence-electron chi connectivity index (χ3n) is 5.09. The first-order chi connectivity index (χ1) is 13.4. The van der Waals surface area contributed by atoms with Crippen LogP contribution in [0.1, 0.15) is 37.7 Å². The highest BCUT2D eigenvalue weighted by molar-refractivity contribution is 6.02. The lowest BCUT2D eigenvalue weighted by Gasteiger charge is -2.10. The zero-order valence-electron chi connectivity index (χ0n) is 16.4. The van der Waals surface area contributed by atoms with Gasteiger partial charge in [-0.1, -0.05) is 42.5 Å². The summed E-state index contributed by atoms with van der Waals surface area (Å²) in [5.74, 6) is -0.846. The predicted molar refractivity (Wildman–Crippen MR) is 109 cm³/mol. The van der Waals surface area contributed by atoms with Crippen LogP contribution in [0.5, 0.6) is 0 Å². The average Bonchev–Trinajstić information content (AvgIpc) is 2.96. The fraction of sp³-hybridized carbons (Fsp3) is 0.217. The number of methoxy groups -OCH3 is 1. The number of amides is 1. The summed E-state index contributed by atoms with van der Waals surface area (Å²) in [4.78, 5) is 23.9. The van der Waals surface area contributed by atoms with Gasteiger partial charge < -0.3 is 15.0 Å². The van der Waals surface area contributed by atoms with E-state index >= 15 is 0 Å². The normalized spacial score (nSPS) is 10.7. The van der Waals surface area contributed by atoms with Crippen molar-refractivity contribution in [3.8, 4) is 11.1 Å². The van der Waals surface area contributed by atoms with E-state index in [-0.39, 0.29) is 0 Å². The average molecular weight is 376 g/mol. The van der Waals surface area contributed by atoms with Crippen molar-refractivity contribution in [3.63, 3.8) is 0 Å². The summed E-state index contributed by atoms with van der Waals surface area (Å²) < 4.78 is 6.88. The molecule has 0 fully saturated rings. The van der Waals surface area contributed by atoms with E-state index in [1.54, 1.807) is 12.1 Å². The van der Waals surface area contributed by atoms with Crippen LogP contribution >= 0.6 is 0 Å². The number of benzene rings is 2. The molecule has 0 saturated carbocycles. The first kappa shape index (κ1) is 19.4.